The molecule has 1 heterocycles. The summed E-state index contributed by atoms with van der Waals surface area (Å²) < 4.78 is 7.12. The van der Waals surface area contributed by atoms with Crippen LogP contribution in [0.3, 0.4) is 0 Å². The summed E-state index contributed by atoms with van der Waals surface area (Å²) in [6, 6.07) is 0. The second-order valence-corrected chi connectivity index (χ2v) is 4.31. The van der Waals surface area contributed by atoms with Gasteiger partial charge in [-0.05, 0) is 13.8 Å². The van der Waals surface area contributed by atoms with Gasteiger partial charge in [-0.1, -0.05) is 18.7 Å². The summed E-state index contributed by atoms with van der Waals surface area (Å²) in [5, 5.41) is 0. The van der Waals surface area contributed by atoms with Gasteiger partial charge in [0, 0.05) is 24.2 Å². The van der Waals surface area contributed by atoms with Crippen molar-refractivity contribution >= 4 is 5.97 Å². The molecule has 4 nitrogen and oxygen atoms in total. The molecule has 0 saturated heterocycles. The monoisotopic (exact) mass is 260 g/mol. The lowest BCUT2D eigenvalue weighted by molar-refractivity contribution is -0.140. The molecule has 0 aliphatic rings. The average Bonchev–Trinajstić information content (AvgIpc) is 2.65. The van der Waals surface area contributed by atoms with Crippen molar-refractivity contribution in [1.82, 2.24) is 9.55 Å². The van der Waals surface area contributed by atoms with E-state index in [-0.39, 0.29) is 6.61 Å². The fraction of sp³-hybridized carbons (Fsp3) is 0.333. The molecule has 4 heteroatoms. The van der Waals surface area contributed by atoms with Gasteiger partial charge in [-0.15, -0.1) is 13.2 Å². The number of imidazole rings is 1. The van der Waals surface area contributed by atoms with E-state index in [2.05, 4.69) is 24.7 Å². The number of rotatable bonds is 7. The number of aromatic nitrogens is 2. The van der Waals surface area contributed by atoms with Crippen LogP contribution in [0.5, 0.6) is 0 Å². The van der Waals surface area contributed by atoms with E-state index < -0.39 is 5.97 Å². The Morgan fingerprint density at radius 2 is 2.11 bits per heavy atom. The highest BCUT2D eigenvalue weighted by molar-refractivity contribution is 5.86. The van der Waals surface area contributed by atoms with Gasteiger partial charge in [-0.3, -0.25) is 0 Å². The average molecular weight is 260 g/mol. The van der Waals surface area contributed by atoms with Crippen LogP contribution in [-0.4, -0.2) is 15.5 Å². The van der Waals surface area contributed by atoms with Crippen molar-refractivity contribution < 1.29 is 9.53 Å². The van der Waals surface area contributed by atoms with Crippen LogP contribution in [0.1, 0.15) is 24.1 Å². The number of hydrogen-bond donors (Lipinski definition) is 0. The molecule has 0 aromatic carbocycles. The summed E-state index contributed by atoms with van der Waals surface area (Å²) in [6.45, 7) is 15.4. The molecule has 1 aromatic heterocycles. The van der Waals surface area contributed by atoms with Crippen LogP contribution in [0, 0.1) is 6.92 Å². The molecule has 0 amide bonds. The number of esters is 1. The molecule has 1 aromatic rings. The first-order valence-electron chi connectivity index (χ1n) is 6.10. The molecule has 0 N–H and O–H groups in total. The lowest BCUT2D eigenvalue weighted by atomic mass is 10.2. The third kappa shape index (κ3) is 3.68. The SMILES string of the molecule is C=CCc1nc(COC(=O)C(=C)C)n(CC=C)c1C. The van der Waals surface area contributed by atoms with Gasteiger partial charge in [-0.2, -0.15) is 0 Å². The minimum absolute atomic E-state index is 0.136. The Labute approximate surface area is 114 Å². The van der Waals surface area contributed by atoms with Crippen LogP contribution >= 0.6 is 0 Å². The van der Waals surface area contributed by atoms with Gasteiger partial charge in [-0.25, -0.2) is 9.78 Å². The summed E-state index contributed by atoms with van der Waals surface area (Å²) >= 11 is 0. The van der Waals surface area contributed by atoms with Gasteiger partial charge in [0.2, 0.25) is 0 Å². The molecule has 0 bridgehead atoms. The van der Waals surface area contributed by atoms with E-state index in [1.807, 2.05) is 11.5 Å². The summed E-state index contributed by atoms with van der Waals surface area (Å²) in [7, 11) is 0. The molecule has 0 aliphatic carbocycles. The van der Waals surface area contributed by atoms with Crippen LogP contribution in [-0.2, 0) is 29.1 Å². The Hall–Kier alpha value is -2.10. The first-order chi connectivity index (χ1) is 9.01. The molecule has 0 saturated carbocycles. The third-order valence-electron chi connectivity index (χ3n) is 2.73. The van der Waals surface area contributed by atoms with E-state index >= 15 is 0 Å². The first-order valence-corrected chi connectivity index (χ1v) is 6.10. The number of carbonyl (C=O) groups excluding carboxylic acids is 1. The van der Waals surface area contributed by atoms with Crippen molar-refractivity contribution in [2.75, 3.05) is 0 Å². The number of hydrogen-bond acceptors (Lipinski definition) is 3. The number of nitrogens with zero attached hydrogens (tertiary/aromatic N) is 2. The van der Waals surface area contributed by atoms with Crippen LogP contribution < -0.4 is 0 Å². The minimum atomic E-state index is -0.406. The topological polar surface area (TPSA) is 44.1 Å². The van der Waals surface area contributed by atoms with E-state index in [4.69, 9.17) is 4.74 Å². The molecule has 0 aliphatic heterocycles. The number of allylic oxidation sites excluding steroid dienone is 2. The zero-order valence-electron chi connectivity index (χ0n) is 11.6. The van der Waals surface area contributed by atoms with Crippen molar-refractivity contribution in [1.29, 1.82) is 0 Å². The quantitative estimate of drug-likeness (QED) is 0.430. The lowest BCUT2D eigenvalue weighted by Gasteiger charge is -2.08. The van der Waals surface area contributed by atoms with E-state index in [0.29, 0.717) is 24.4 Å². The number of ether oxygens (including phenoxy) is 1. The fourth-order valence-corrected chi connectivity index (χ4v) is 1.71. The molecule has 102 valence electrons. The predicted molar refractivity (Wildman–Crippen MR) is 75.7 cm³/mol. The first kappa shape index (κ1) is 15.0. The van der Waals surface area contributed by atoms with Gasteiger partial charge in [0.05, 0.1) is 5.69 Å². The maximum absolute atomic E-state index is 11.4. The molecular formula is C15H20N2O2. The normalized spacial score (nSPS) is 10.0. The minimum Gasteiger partial charge on any atom is -0.454 e. The predicted octanol–water partition coefficient (Wildman–Crippen LogP) is 2.73. The van der Waals surface area contributed by atoms with Crippen LogP contribution in [0.4, 0.5) is 0 Å². The maximum atomic E-state index is 11.4. The molecular weight excluding hydrogens is 240 g/mol. The highest BCUT2D eigenvalue weighted by Crippen LogP contribution is 2.14. The van der Waals surface area contributed by atoms with Crippen molar-refractivity contribution in [3.8, 4) is 0 Å². The van der Waals surface area contributed by atoms with Gasteiger partial charge < -0.3 is 9.30 Å². The summed E-state index contributed by atoms with van der Waals surface area (Å²) in [6.07, 6.45) is 4.28. The Kier molecular flexibility index (Phi) is 5.30. The summed E-state index contributed by atoms with van der Waals surface area (Å²) in [5.74, 6) is 0.305. The maximum Gasteiger partial charge on any atom is 0.333 e. The largest absolute Gasteiger partial charge is 0.454 e. The number of carbonyl (C=O) groups is 1. The molecule has 0 radical (unpaired) electrons. The summed E-state index contributed by atoms with van der Waals surface area (Å²) in [5.41, 5.74) is 2.37. The van der Waals surface area contributed by atoms with E-state index in [0.717, 1.165) is 11.4 Å². The standard InChI is InChI=1S/C15H20N2O2/c1-6-8-13-12(5)17(9-7-2)14(16-13)10-19-15(18)11(3)4/h6-7H,1-3,8-10H2,4-5H3. The molecule has 19 heavy (non-hydrogen) atoms. The highest BCUT2D eigenvalue weighted by atomic mass is 16.5. The lowest BCUT2D eigenvalue weighted by Crippen LogP contribution is -2.10. The smallest absolute Gasteiger partial charge is 0.333 e. The molecule has 0 unspecified atom stereocenters. The fourth-order valence-electron chi connectivity index (χ4n) is 1.71. The van der Waals surface area contributed by atoms with E-state index in [1.54, 1.807) is 19.1 Å². The van der Waals surface area contributed by atoms with E-state index in [1.165, 1.54) is 0 Å². The Bertz CT molecular complexity index is 512. The van der Waals surface area contributed by atoms with E-state index in [9.17, 15) is 4.79 Å². The Balaban J connectivity index is 2.94. The Morgan fingerprint density at radius 1 is 1.42 bits per heavy atom. The van der Waals surface area contributed by atoms with Gasteiger partial charge >= 0.3 is 5.97 Å². The molecule has 0 atom stereocenters. The summed E-state index contributed by atoms with van der Waals surface area (Å²) in [4.78, 5) is 15.9. The van der Waals surface area contributed by atoms with Gasteiger partial charge in [0.1, 0.15) is 12.4 Å². The third-order valence-corrected chi connectivity index (χ3v) is 2.73. The zero-order valence-corrected chi connectivity index (χ0v) is 11.6. The van der Waals surface area contributed by atoms with Crippen molar-refractivity contribution in [2.45, 2.75) is 33.4 Å². The van der Waals surface area contributed by atoms with Crippen molar-refractivity contribution in [3.05, 3.63) is 54.7 Å². The van der Waals surface area contributed by atoms with Crippen LogP contribution in [0.15, 0.2) is 37.5 Å². The van der Waals surface area contributed by atoms with Crippen LogP contribution in [0.2, 0.25) is 0 Å². The van der Waals surface area contributed by atoms with Gasteiger partial charge in [0.15, 0.2) is 0 Å². The molecule has 0 fully saturated rings. The van der Waals surface area contributed by atoms with Gasteiger partial charge in [0.25, 0.3) is 0 Å². The molecule has 0 spiro atoms. The van der Waals surface area contributed by atoms with Crippen molar-refractivity contribution in [2.24, 2.45) is 0 Å². The molecule has 1 rings (SSSR count). The second-order valence-electron chi connectivity index (χ2n) is 4.31. The highest BCUT2D eigenvalue weighted by Gasteiger charge is 2.14. The zero-order chi connectivity index (χ0) is 14.4. The van der Waals surface area contributed by atoms with Crippen molar-refractivity contribution in [3.63, 3.8) is 0 Å². The second kappa shape index (κ2) is 6.73. The van der Waals surface area contributed by atoms with Crippen LogP contribution in [0.25, 0.3) is 0 Å². The Morgan fingerprint density at radius 3 is 2.63 bits per heavy atom.